The third-order valence-electron chi connectivity index (χ3n) is 5.32. The number of fused-ring (bicyclic) bond motifs is 1. The number of phenols is 1. The summed E-state index contributed by atoms with van der Waals surface area (Å²) >= 11 is 1.03. The molecule has 1 aliphatic rings. The molecule has 1 saturated heterocycles. The summed E-state index contributed by atoms with van der Waals surface area (Å²) in [4.78, 5) is 31.7. The molecule has 0 aliphatic carbocycles. The van der Waals surface area contributed by atoms with Gasteiger partial charge in [-0.05, 0) is 60.2 Å². The third-order valence-corrected chi connectivity index (χ3v) is 6.33. The monoisotopic (exact) mass is 464 g/mol. The minimum atomic E-state index is -1.07. The molecule has 4 aromatic rings. The van der Waals surface area contributed by atoms with Crippen LogP contribution in [-0.2, 0) is 9.59 Å². The van der Waals surface area contributed by atoms with Crippen molar-refractivity contribution in [1.29, 1.82) is 0 Å². The number of aromatic nitrogens is 1. The van der Waals surface area contributed by atoms with Crippen LogP contribution in [0, 0.1) is 11.6 Å². The zero-order valence-corrected chi connectivity index (χ0v) is 17.5. The molecule has 1 aromatic heterocycles. The highest BCUT2D eigenvalue weighted by Crippen LogP contribution is 2.44. The summed E-state index contributed by atoms with van der Waals surface area (Å²) in [7, 11) is 0. The van der Waals surface area contributed by atoms with Crippen molar-refractivity contribution in [3.05, 3.63) is 95.1 Å². The van der Waals surface area contributed by atoms with E-state index >= 15 is 0 Å². The van der Waals surface area contributed by atoms with Crippen LogP contribution in [0.25, 0.3) is 16.0 Å². The van der Waals surface area contributed by atoms with E-state index in [0.29, 0.717) is 15.8 Å². The number of aliphatic hydroxyl groups is 1. The van der Waals surface area contributed by atoms with E-state index in [-0.39, 0.29) is 22.0 Å². The number of benzene rings is 3. The standard InChI is InChI=1S/C24H14F2N2O4S/c25-14-5-1-13(2-6-14)21(30)19-20(12-3-8-16(29)9-4-12)28(23(32)22(19)31)24-27-17-10-7-15(26)11-18(17)33-24/h1-11,20,29-30H. The van der Waals surface area contributed by atoms with Crippen molar-refractivity contribution in [2.24, 2.45) is 0 Å². The molecule has 0 spiro atoms. The summed E-state index contributed by atoms with van der Waals surface area (Å²) in [6.07, 6.45) is 0. The Morgan fingerprint density at radius 2 is 1.61 bits per heavy atom. The van der Waals surface area contributed by atoms with Crippen molar-refractivity contribution >= 4 is 44.1 Å². The van der Waals surface area contributed by atoms with Gasteiger partial charge in [0.05, 0.1) is 21.8 Å². The minimum Gasteiger partial charge on any atom is -0.508 e. The Morgan fingerprint density at radius 3 is 2.30 bits per heavy atom. The highest BCUT2D eigenvalue weighted by atomic mass is 32.1. The topological polar surface area (TPSA) is 90.7 Å². The van der Waals surface area contributed by atoms with E-state index in [1.165, 1.54) is 54.6 Å². The van der Waals surface area contributed by atoms with Crippen LogP contribution in [0.5, 0.6) is 5.75 Å². The maximum atomic E-state index is 13.7. The molecule has 1 fully saturated rings. The fourth-order valence-corrected chi connectivity index (χ4v) is 4.77. The lowest BCUT2D eigenvalue weighted by Crippen LogP contribution is -2.29. The van der Waals surface area contributed by atoms with Crippen LogP contribution in [-0.4, -0.2) is 26.9 Å². The lowest BCUT2D eigenvalue weighted by Gasteiger charge is -2.23. The number of ketones is 1. The Balaban J connectivity index is 1.73. The molecule has 6 nitrogen and oxygen atoms in total. The lowest BCUT2D eigenvalue weighted by molar-refractivity contribution is -0.132. The number of aromatic hydroxyl groups is 1. The molecular weight excluding hydrogens is 450 g/mol. The minimum absolute atomic E-state index is 0.0234. The van der Waals surface area contributed by atoms with Crippen LogP contribution < -0.4 is 4.90 Å². The second-order valence-electron chi connectivity index (χ2n) is 7.38. The van der Waals surface area contributed by atoms with Crippen LogP contribution in [0.15, 0.2) is 72.3 Å². The molecule has 9 heteroatoms. The van der Waals surface area contributed by atoms with Gasteiger partial charge < -0.3 is 10.2 Å². The number of Topliss-reactive ketones (excluding diaryl/α,β-unsaturated/α-hetero) is 1. The van der Waals surface area contributed by atoms with Gasteiger partial charge in [-0.2, -0.15) is 0 Å². The van der Waals surface area contributed by atoms with Crippen LogP contribution in [0.2, 0.25) is 0 Å². The first-order chi connectivity index (χ1) is 15.8. The number of anilines is 1. The van der Waals surface area contributed by atoms with Crippen LogP contribution in [0.3, 0.4) is 0 Å². The van der Waals surface area contributed by atoms with Gasteiger partial charge in [-0.1, -0.05) is 23.5 Å². The average molecular weight is 464 g/mol. The first kappa shape index (κ1) is 20.8. The molecule has 164 valence electrons. The van der Waals surface area contributed by atoms with Gasteiger partial charge in [-0.15, -0.1) is 0 Å². The van der Waals surface area contributed by atoms with Crippen molar-refractivity contribution in [1.82, 2.24) is 4.98 Å². The SMILES string of the molecule is O=C1C(=O)N(c2nc3ccc(F)cc3s2)C(c2ccc(O)cc2)C1=C(O)c1ccc(F)cc1. The van der Waals surface area contributed by atoms with Gasteiger partial charge in [0.25, 0.3) is 5.78 Å². The molecule has 2 N–H and O–H groups in total. The van der Waals surface area contributed by atoms with Crippen molar-refractivity contribution in [2.45, 2.75) is 6.04 Å². The highest BCUT2D eigenvalue weighted by molar-refractivity contribution is 7.22. The van der Waals surface area contributed by atoms with E-state index in [2.05, 4.69) is 4.98 Å². The third kappa shape index (κ3) is 3.52. The van der Waals surface area contributed by atoms with E-state index in [9.17, 15) is 28.6 Å². The fraction of sp³-hybridized carbons (Fsp3) is 0.0417. The summed E-state index contributed by atoms with van der Waals surface area (Å²) < 4.78 is 27.5. The molecule has 0 radical (unpaired) electrons. The summed E-state index contributed by atoms with van der Waals surface area (Å²) in [5.74, 6) is -3.35. The molecule has 1 aliphatic heterocycles. The van der Waals surface area contributed by atoms with Gasteiger partial charge in [-0.25, -0.2) is 13.8 Å². The van der Waals surface area contributed by atoms with Crippen LogP contribution in [0.1, 0.15) is 17.2 Å². The highest BCUT2D eigenvalue weighted by Gasteiger charge is 2.48. The second kappa shape index (κ2) is 7.79. The van der Waals surface area contributed by atoms with Gasteiger partial charge in [0.1, 0.15) is 23.1 Å². The van der Waals surface area contributed by atoms with Crippen molar-refractivity contribution in [3.8, 4) is 5.75 Å². The Kier molecular flexibility index (Phi) is 4.90. The molecule has 3 aromatic carbocycles. The number of rotatable bonds is 3. The van der Waals surface area contributed by atoms with Gasteiger partial charge in [-0.3, -0.25) is 14.5 Å². The van der Waals surface area contributed by atoms with Gasteiger partial charge in [0, 0.05) is 5.56 Å². The fourth-order valence-electron chi connectivity index (χ4n) is 3.75. The van der Waals surface area contributed by atoms with Gasteiger partial charge in [0.15, 0.2) is 5.13 Å². The lowest BCUT2D eigenvalue weighted by atomic mass is 9.95. The van der Waals surface area contributed by atoms with Crippen molar-refractivity contribution in [3.63, 3.8) is 0 Å². The average Bonchev–Trinajstić information content (AvgIpc) is 3.32. The molecule has 2 heterocycles. The quantitative estimate of drug-likeness (QED) is 0.256. The number of carbonyl (C=O) groups is 2. The molecule has 1 unspecified atom stereocenters. The smallest absolute Gasteiger partial charge is 0.301 e. The summed E-state index contributed by atoms with van der Waals surface area (Å²) in [6.45, 7) is 0. The summed E-state index contributed by atoms with van der Waals surface area (Å²) in [5, 5.41) is 20.8. The number of hydrogen-bond acceptors (Lipinski definition) is 6. The van der Waals surface area contributed by atoms with E-state index in [4.69, 9.17) is 0 Å². The normalized spacial score (nSPS) is 17.8. The van der Waals surface area contributed by atoms with Crippen LogP contribution >= 0.6 is 11.3 Å². The number of aliphatic hydroxyl groups excluding tert-OH is 1. The number of carbonyl (C=O) groups excluding carboxylic acids is 2. The molecular formula is C24H14F2N2O4S. The number of thiazole rings is 1. The Labute approximate surface area is 189 Å². The van der Waals surface area contributed by atoms with E-state index < -0.39 is 35.1 Å². The molecule has 0 bridgehead atoms. The Bertz CT molecular complexity index is 1450. The predicted molar refractivity (Wildman–Crippen MR) is 119 cm³/mol. The van der Waals surface area contributed by atoms with Gasteiger partial charge >= 0.3 is 5.91 Å². The van der Waals surface area contributed by atoms with Crippen LogP contribution in [0.4, 0.5) is 13.9 Å². The first-order valence-electron chi connectivity index (χ1n) is 9.75. The zero-order valence-electron chi connectivity index (χ0n) is 16.7. The molecule has 1 atom stereocenters. The molecule has 5 rings (SSSR count). The molecule has 1 amide bonds. The van der Waals surface area contributed by atoms with E-state index in [1.54, 1.807) is 0 Å². The predicted octanol–water partition coefficient (Wildman–Crippen LogP) is 4.91. The zero-order chi connectivity index (χ0) is 23.3. The van der Waals surface area contributed by atoms with Crippen molar-refractivity contribution < 1.29 is 28.6 Å². The second-order valence-corrected chi connectivity index (χ2v) is 8.39. The Hall–Kier alpha value is -4.11. The Morgan fingerprint density at radius 1 is 0.939 bits per heavy atom. The number of amides is 1. The number of phenolic OH excluding ortho intramolecular Hbond substituents is 1. The number of nitrogens with zero attached hydrogens (tertiary/aromatic N) is 2. The van der Waals surface area contributed by atoms with Crippen molar-refractivity contribution in [2.75, 3.05) is 4.90 Å². The largest absolute Gasteiger partial charge is 0.508 e. The summed E-state index contributed by atoms with van der Waals surface area (Å²) in [6, 6.07) is 13.6. The number of halogens is 2. The molecule has 0 saturated carbocycles. The summed E-state index contributed by atoms with van der Waals surface area (Å²) in [5.41, 5.74) is 0.828. The van der Waals surface area contributed by atoms with Gasteiger partial charge in [0.2, 0.25) is 0 Å². The maximum absolute atomic E-state index is 13.7. The number of hydrogen-bond donors (Lipinski definition) is 2. The first-order valence-corrected chi connectivity index (χ1v) is 10.6. The molecule has 33 heavy (non-hydrogen) atoms. The maximum Gasteiger partial charge on any atom is 0.301 e. The van der Waals surface area contributed by atoms with E-state index in [0.717, 1.165) is 28.4 Å². The van der Waals surface area contributed by atoms with E-state index in [1.807, 2.05) is 0 Å².